The van der Waals surface area contributed by atoms with Gasteiger partial charge in [0.15, 0.2) is 6.61 Å². The Morgan fingerprint density at radius 3 is 1.46 bits per heavy atom. The number of cyclic esters (lactones) is 1. The third-order valence-corrected chi connectivity index (χ3v) is 32.4. The lowest BCUT2D eigenvalue weighted by Gasteiger charge is -2.62. The number of carbonyl (C=O) groups excluding carboxylic acids is 10. The molecule has 13 saturated carbocycles. The highest BCUT2D eigenvalue weighted by Crippen LogP contribution is 2.63. The van der Waals surface area contributed by atoms with E-state index in [0.717, 1.165) is 95.3 Å². The zero-order chi connectivity index (χ0) is 86.7. The fraction of sp³-hybridized carbons (Fsp3) is 0.890. The van der Waals surface area contributed by atoms with E-state index < -0.39 is 79.6 Å². The largest absolute Gasteiger partial charge is 0.508 e. The van der Waals surface area contributed by atoms with Crippen LogP contribution in [0.5, 0.6) is 0 Å². The lowest BCUT2D eigenvalue weighted by molar-refractivity contribution is -0.231. The van der Waals surface area contributed by atoms with Gasteiger partial charge in [-0.05, 0) is 291 Å². The van der Waals surface area contributed by atoms with Crippen LogP contribution in [0.4, 0.5) is 4.79 Å². The molecule has 16 fully saturated rings. The second kappa shape index (κ2) is 37.6. The minimum atomic E-state index is -3.54. The molecule has 26 heteroatoms. The molecule has 0 amide bonds. The Labute approximate surface area is 697 Å². The summed E-state index contributed by atoms with van der Waals surface area (Å²) in [6.07, 6.45) is 22.6. The van der Waals surface area contributed by atoms with E-state index in [1.54, 1.807) is 41.5 Å². The van der Waals surface area contributed by atoms with Crippen LogP contribution >= 0.6 is 0 Å². The van der Waals surface area contributed by atoms with Crippen LogP contribution in [-0.4, -0.2) is 159 Å². The highest BCUT2D eigenvalue weighted by molar-refractivity contribution is 7.87. The third kappa shape index (κ3) is 21.5. The van der Waals surface area contributed by atoms with Gasteiger partial charge in [0.25, 0.3) is 10.1 Å². The van der Waals surface area contributed by atoms with Crippen molar-refractivity contribution in [2.24, 2.45) is 109 Å². The topological polar surface area (TPSA) is 336 Å². The van der Waals surface area contributed by atoms with E-state index in [1.807, 2.05) is 76.2 Å². The van der Waals surface area contributed by atoms with Gasteiger partial charge in [-0.3, -0.25) is 37.7 Å². The molecule has 0 aromatic heterocycles. The van der Waals surface area contributed by atoms with E-state index in [1.165, 1.54) is 51.4 Å². The lowest BCUT2D eigenvalue weighted by Crippen LogP contribution is -2.63. The predicted octanol–water partition coefficient (Wildman–Crippen LogP) is 16.2. The number of fused-ring (bicyclic) bond motifs is 2. The molecule has 16 rings (SSSR count). The fourth-order valence-electron chi connectivity index (χ4n) is 20.9. The van der Waals surface area contributed by atoms with Gasteiger partial charge in [0, 0.05) is 30.1 Å². The van der Waals surface area contributed by atoms with Crippen LogP contribution in [0.25, 0.3) is 0 Å². The van der Waals surface area contributed by atoms with Gasteiger partial charge in [0.2, 0.25) is 6.10 Å². The van der Waals surface area contributed by atoms with Gasteiger partial charge < -0.3 is 57.2 Å². The fourth-order valence-corrected chi connectivity index (χ4v) is 22.8. The number of hydrogen-bond acceptors (Lipinski definition) is 25. The summed E-state index contributed by atoms with van der Waals surface area (Å²) in [6, 6.07) is 0. The molecule has 3 heterocycles. The zero-order valence-corrected chi connectivity index (χ0v) is 75.4. The SMILES string of the molecule is CCC(C)(C)C(=O)OC1(C(C)C)C2CC3CC(C2)CC1C3.CCC(C)(C)C(=O)OC1C2CC3CC1CC(O)(C3)C2.CCC(C)(C)C(=O)OC1CCOC1=O.CCC(C)(C)C(=O)OCC(=O)OC1C2CC3C(=O)OC1C3C2.CCC(C)(C)C(=O)OCCOC(=O)OC1C2CC3C1OS(=O)(=O)C3C2.CCC1(OC(=O)C(C)(C)CC)CCCCC1. The predicted molar refractivity (Wildman–Crippen MR) is 433 cm³/mol. The van der Waals surface area contributed by atoms with Gasteiger partial charge in [-0.15, -0.1) is 0 Å². The van der Waals surface area contributed by atoms with Gasteiger partial charge in [-0.2, -0.15) is 8.42 Å². The van der Waals surface area contributed by atoms with Crippen molar-refractivity contribution in [2.75, 3.05) is 26.4 Å². The Bertz CT molecular complexity index is 3590. The van der Waals surface area contributed by atoms with Gasteiger partial charge in [-0.1, -0.05) is 68.7 Å². The number of aliphatic hydroxyl groups is 1. The van der Waals surface area contributed by atoms with Gasteiger partial charge in [0.1, 0.15) is 54.9 Å². The van der Waals surface area contributed by atoms with Crippen molar-refractivity contribution in [3.63, 3.8) is 0 Å². The minimum Gasteiger partial charge on any atom is -0.463 e. The van der Waals surface area contributed by atoms with Crippen LogP contribution < -0.4 is 0 Å². The lowest BCUT2D eigenvalue weighted by atomic mass is 9.47. The highest BCUT2D eigenvalue weighted by Gasteiger charge is 2.67. The van der Waals surface area contributed by atoms with Crippen LogP contribution in [0.1, 0.15) is 319 Å². The molecule has 0 spiro atoms. The summed E-state index contributed by atoms with van der Waals surface area (Å²) in [5.74, 6) is 2.94. The molecule has 1 N–H and O–H groups in total. The van der Waals surface area contributed by atoms with Gasteiger partial charge in [-0.25, -0.2) is 14.4 Å². The first-order valence-corrected chi connectivity index (χ1v) is 46.3. The second-order valence-corrected chi connectivity index (χ2v) is 43.0. The Morgan fingerprint density at radius 2 is 0.957 bits per heavy atom. The second-order valence-electron chi connectivity index (χ2n) is 41.3. The molecule has 117 heavy (non-hydrogen) atoms. The molecule has 3 aliphatic heterocycles. The Hall–Kier alpha value is -5.63. The van der Waals surface area contributed by atoms with E-state index in [0.29, 0.717) is 80.6 Å². The van der Waals surface area contributed by atoms with E-state index in [2.05, 4.69) is 27.7 Å². The first kappa shape index (κ1) is 95.2. The van der Waals surface area contributed by atoms with Crippen LogP contribution in [0.15, 0.2) is 0 Å². The minimum absolute atomic E-state index is 0.00636. The molecular formula is C91H146O25S. The molecule has 13 unspecified atom stereocenters. The van der Waals surface area contributed by atoms with Gasteiger partial charge >= 0.3 is 59.9 Å². The highest BCUT2D eigenvalue weighted by atomic mass is 32.2. The summed E-state index contributed by atoms with van der Waals surface area (Å²) in [7, 11) is -3.54. The summed E-state index contributed by atoms with van der Waals surface area (Å²) in [5, 5.41) is 10.1. The van der Waals surface area contributed by atoms with Crippen molar-refractivity contribution in [2.45, 2.75) is 377 Å². The quantitative estimate of drug-likeness (QED) is 0.0384. The van der Waals surface area contributed by atoms with E-state index in [9.17, 15) is 61.5 Å². The molecule has 13 atom stereocenters. The standard InChI is InChI=1S/C19H32O2.C16H24O8S.C16H22O6.C16H26O3.C14H26O2.C10H16O4/c1-6-18(4,5)17(20)21-19(12(2)3)15-8-13-7-14(10-15)11-16(19)9-13;1-4-16(2,3)14(17)21-5-6-22-15(18)23-12-9-7-10-11(8-9)25(19,20)24-13(10)12;1-4-16(2,3)15(19)20-7-11(17)21-12-8-5-9-10(6-8)14(18)22-13(9)12;1-4-15(2,3)14(17)19-13-11-5-10-6-12(13)9-16(18,7-10)8-11;1-5-13(3,4)12(15)16-14(6-2)10-8-7-9-11-14;1-4-10(2,3)9(12)14-7-5-6-13-8(7)11/h12-16H,6-11H2,1-5H3;9-13H,4-8H2,1-3H3;8-10,12-13H,4-7H2,1-3H3;10-13,18H,4-9H2,1-3H3;5-11H2,1-4H3;7H,4-6H2,1-3H3. The number of hydrogen-bond donors (Lipinski definition) is 1. The van der Waals surface area contributed by atoms with Crippen LogP contribution in [0.3, 0.4) is 0 Å². The summed E-state index contributed by atoms with van der Waals surface area (Å²) in [6.45, 7) is 40.9. The average molecular weight is 1670 g/mol. The van der Waals surface area contributed by atoms with Crippen molar-refractivity contribution in [3.8, 4) is 0 Å². The van der Waals surface area contributed by atoms with Crippen molar-refractivity contribution >= 4 is 70.0 Å². The van der Waals surface area contributed by atoms with Crippen molar-refractivity contribution < 1.29 is 118 Å². The summed E-state index contributed by atoms with van der Waals surface area (Å²) in [4.78, 5) is 119. The Morgan fingerprint density at radius 1 is 0.479 bits per heavy atom. The molecule has 25 nitrogen and oxygen atoms in total. The normalized spacial score (nSPS) is 34.2. The smallest absolute Gasteiger partial charge is 0.463 e. The number of ether oxygens (including phenoxy) is 11. The van der Waals surface area contributed by atoms with Crippen LogP contribution in [0.2, 0.25) is 0 Å². The Balaban J connectivity index is 0.000000162. The van der Waals surface area contributed by atoms with E-state index >= 15 is 0 Å². The van der Waals surface area contributed by atoms with Crippen molar-refractivity contribution in [3.05, 3.63) is 0 Å². The maximum Gasteiger partial charge on any atom is 0.508 e. The molecule has 12 bridgehead atoms. The van der Waals surface area contributed by atoms with Crippen LogP contribution in [-0.2, 0) is 110 Å². The first-order chi connectivity index (χ1) is 54.5. The third-order valence-electron chi connectivity index (χ3n) is 30.6. The molecule has 0 aromatic carbocycles. The molecular weight excluding hydrogens is 1530 g/mol. The number of rotatable bonds is 25. The zero-order valence-electron chi connectivity index (χ0n) is 74.6. The molecule has 3 saturated heterocycles. The summed E-state index contributed by atoms with van der Waals surface area (Å²) >= 11 is 0. The van der Waals surface area contributed by atoms with Crippen molar-refractivity contribution in [1.29, 1.82) is 0 Å². The summed E-state index contributed by atoms with van der Waals surface area (Å²) in [5.41, 5.74) is -3.55. The summed E-state index contributed by atoms with van der Waals surface area (Å²) < 4.78 is 87.7. The molecule has 0 aromatic rings. The van der Waals surface area contributed by atoms with Gasteiger partial charge in [0.05, 0.1) is 55.9 Å². The number of esters is 9. The van der Waals surface area contributed by atoms with Crippen molar-refractivity contribution in [1.82, 2.24) is 0 Å². The molecule has 16 aliphatic rings. The maximum atomic E-state index is 12.8. The maximum absolute atomic E-state index is 12.8. The molecule has 0 radical (unpaired) electrons. The monoisotopic (exact) mass is 1670 g/mol. The number of carbonyl (C=O) groups is 10. The first-order valence-electron chi connectivity index (χ1n) is 44.8. The van der Waals surface area contributed by atoms with E-state index in [4.69, 9.17) is 56.3 Å². The molecule has 13 aliphatic carbocycles. The Kier molecular flexibility index (Phi) is 30.6. The van der Waals surface area contributed by atoms with Crippen LogP contribution in [0, 0.1) is 109 Å². The van der Waals surface area contributed by atoms with E-state index in [-0.39, 0.29) is 131 Å². The molecule has 666 valence electrons. The average Bonchev–Trinajstić information content (AvgIpc) is 1.70.